The number of nitrogens with zero attached hydrogens (tertiary/aromatic N) is 3. The predicted octanol–water partition coefficient (Wildman–Crippen LogP) is 5.81. The van der Waals surface area contributed by atoms with Gasteiger partial charge in [-0.05, 0) is 48.9 Å². The standard InChI is InChI=1S/C24H17BrN4O3/c1-14-2-10-18(11-3-14)28-23(16-6-12-19(13-7-16)29(31)32)20-21(26-27-22(20)24(28)30)15-4-8-17(25)9-5-15/h2-13,23H,1H3,(H,26,27)/t23-/m0/s1. The summed E-state index contributed by atoms with van der Waals surface area (Å²) in [6.45, 7) is 1.99. The van der Waals surface area contributed by atoms with Gasteiger partial charge in [0.05, 0.1) is 16.7 Å². The molecule has 1 aliphatic heterocycles. The summed E-state index contributed by atoms with van der Waals surface area (Å²) < 4.78 is 0.942. The molecule has 8 heteroatoms. The normalized spacial score (nSPS) is 15.1. The van der Waals surface area contributed by atoms with Gasteiger partial charge in [-0.15, -0.1) is 0 Å². The van der Waals surface area contributed by atoms with Gasteiger partial charge in [-0.3, -0.25) is 24.9 Å². The quantitative estimate of drug-likeness (QED) is 0.290. The molecule has 32 heavy (non-hydrogen) atoms. The van der Waals surface area contributed by atoms with Crippen LogP contribution in [0.25, 0.3) is 11.3 Å². The Balaban J connectivity index is 1.70. The molecule has 0 radical (unpaired) electrons. The Morgan fingerprint density at radius 1 is 1.00 bits per heavy atom. The van der Waals surface area contributed by atoms with Crippen LogP contribution in [0.15, 0.2) is 77.3 Å². The summed E-state index contributed by atoms with van der Waals surface area (Å²) in [6.07, 6.45) is 0. The largest absolute Gasteiger partial charge is 0.295 e. The molecule has 0 fully saturated rings. The summed E-state index contributed by atoms with van der Waals surface area (Å²) in [5, 5.41) is 18.5. The number of nitro groups is 1. The highest BCUT2D eigenvalue weighted by molar-refractivity contribution is 9.10. The summed E-state index contributed by atoms with van der Waals surface area (Å²) in [5.74, 6) is -0.192. The molecule has 1 atom stereocenters. The second kappa shape index (κ2) is 7.72. The number of rotatable bonds is 4. The van der Waals surface area contributed by atoms with Gasteiger partial charge in [0.15, 0.2) is 0 Å². The minimum absolute atomic E-state index is 0.000472. The fourth-order valence-electron chi connectivity index (χ4n) is 4.04. The number of non-ortho nitro benzene ring substituents is 1. The van der Waals surface area contributed by atoms with Crippen LogP contribution in [0.3, 0.4) is 0 Å². The Bertz CT molecular complexity index is 1330. The van der Waals surface area contributed by atoms with E-state index in [-0.39, 0.29) is 11.6 Å². The summed E-state index contributed by atoms with van der Waals surface area (Å²) in [7, 11) is 0. The number of carbonyl (C=O) groups is 1. The summed E-state index contributed by atoms with van der Waals surface area (Å²) in [5.41, 5.74) is 5.33. The minimum atomic E-state index is -0.474. The highest BCUT2D eigenvalue weighted by Crippen LogP contribution is 2.45. The first-order chi connectivity index (χ1) is 15.4. The molecule has 1 amide bonds. The Hall–Kier alpha value is -3.78. The molecule has 0 saturated heterocycles. The van der Waals surface area contributed by atoms with Crippen molar-refractivity contribution >= 4 is 33.2 Å². The van der Waals surface area contributed by atoms with Crippen LogP contribution in [-0.4, -0.2) is 21.0 Å². The average molecular weight is 489 g/mol. The number of H-pyrrole nitrogens is 1. The number of aromatic amines is 1. The highest BCUT2D eigenvalue weighted by atomic mass is 79.9. The molecule has 158 valence electrons. The van der Waals surface area contributed by atoms with E-state index in [1.165, 1.54) is 12.1 Å². The number of aromatic nitrogens is 2. The SMILES string of the molecule is Cc1ccc(N2C(=O)c3[nH]nc(-c4ccc(Br)cc4)c3[C@@H]2c2ccc([N+](=O)[O-])cc2)cc1. The lowest BCUT2D eigenvalue weighted by molar-refractivity contribution is -0.384. The van der Waals surface area contributed by atoms with Crippen LogP contribution in [0, 0.1) is 17.0 Å². The lowest BCUT2D eigenvalue weighted by Gasteiger charge is -2.26. The van der Waals surface area contributed by atoms with E-state index in [4.69, 9.17) is 0 Å². The van der Waals surface area contributed by atoms with Crippen LogP contribution >= 0.6 is 15.9 Å². The molecular formula is C24H17BrN4O3. The minimum Gasteiger partial charge on any atom is -0.295 e. The van der Waals surface area contributed by atoms with Gasteiger partial charge in [-0.25, -0.2) is 0 Å². The molecular weight excluding hydrogens is 472 g/mol. The highest BCUT2D eigenvalue weighted by Gasteiger charge is 2.43. The lowest BCUT2D eigenvalue weighted by Crippen LogP contribution is -2.29. The van der Waals surface area contributed by atoms with Crippen molar-refractivity contribution in [2.75, 3.05) is 4.90 Å². The van der Waals surface area contributed by atoms with Crippen LogP contribution < -0.4 is 4.90 Å². The number of benzene rings is 3. The maximum Gasteiger partial charge on any atom is 0.277 e. The monoisotopic (exact) mass is 488 g/mol. The molecule has 0 unspecified atom stereocenters. The molecule has 1 N–H and O–H groups in total. The topological polar surface area (TPSA) is 92.1 Å². The third-order valence-electron chi connectivity index (χ3n) is 5.62. The van der Waals surface area contributed by atoms with E-state index in [9.17, 15) is 14.9 Å². The molecule has 1 aliphatic rings. The van der Waals surface area contributed by atoms with Gasteiger partial charge in [-0.1, -0.05) is 45.8 Å². The van der Waals surface area contributed by atoms with Crippen molar-refractivity contribution in [1.29, 1.82) is 0 Å². The molecule has 5 rings (SSSR count). The molecule has 4 aromatic rings. The number of nitro benzene ring substituents is 1. The van der Waals surface area contributed by atoms with Crippen LogP contribution in [-0.2, 0) is 0 Å². The lowest BCUT2D eigenvalue weighted by atomic mass is 9.95. The molecule has 0 bridgehead atoms. The second-order valence-electron chi connectivity index (χ2n) is 7.63. The molecule has 7 nitrogen and oxygen atoms in total. The van der Waals surface area contributed by atoms with Crippen molar-refractivity contribution in [3.63, 3.8) is 0 Å². The van der Waals surface area contributed by atoms with Crippen LogP contribution in [0.5, 0.6) is 0 Å². The molecule has 0 saturated carbocycles. The number of nitrogens with one attached hydrogen (secondary N) is 1. The zero-order valence-corrected chi connectivity index (χ0v) is 18.5. The first-order valence-electron chi connectivity index (χ1n) is 9.93. The van der Waals surface area contributed by atoms with E-state index >= 15 is 0 Å². The zero-order valence-electron chi connectivity index (χ0n) is 16.9. The van der Waals surface area contributed by atoms with Gasteiger partial charge in [0, 0.05) is 33.4 Å². The molecule has 0 aliphatic carbocycles. The van der Waals surface area contributed by atoms with Gasteiger partial charge in [-0.2, -0.15) is 5.10 Å². The summed E-state index contributed by atoms with van der Waals surface area (Å²) in [4.78, 5) is 25.9. The Morgan fingerprint density at radius 3 is 2.28 bits per heavy atom. The van der Waals surface area contributed by atoms with Crippen molar-refractivity contribution in [2.45, 2.75) is 13.0 Å². The number of hydrogen-bond acceptors (Lipinski definition) is 4. The average Bonchev–Trinajstić information content (AvgIpc) is 3.34. The number of fused-ring (bicyclic) bond motifs is 1. The Labute approximate surface area is 192 Å². The predicted molar refractivity (Wildman–Crippen MR) is 125 cm³/mol. The molecule has 1 aromatic heterocycles. The zero-order chi connectivity index (χ0) is 22.4. The Kier molecular flexibility index (Phi) is 4.86. The van der Waals surface area contributed by atoms with Gasteiger partial charge in [0.2, 0.25) is 0 Å². The van der Waals surface area contributed by atoms with E-state index in [0.29, 0.717) is 11.4 Å². The first kappa shape index (κ1) is 20.1. The van der Waals surface area contributed by atoms with Crippen molar-refractivity contribution in [2.24, 2.45) is 0 Å². The van der Waals surface area contributed by atoms with Crippen molar-refractivity contribution in [3.8, 4) is 11.3 Å². The number of hydrogen-bond donors (Lipinski definition) is 1. The number of amides is 1. The van der Waals surface area contributed by atoms with Crippen molar-refractivity contribution in [1.82, 2.24) is 10.2 Å². The van der Waals surface area contributed by atoms with Crippen LogP contribution in [0.4, 0.5) is 11.4 Å². The van der Waals surface area contributed by atoms with Gasteiger partial charge < -0.3 is 0 Å². The molecule has 0 spiro atoms. The van der Waals surface area contributed by atoms with E-state index < -0.39 is 11.0 Å². The fourth-order valence-corrected chi connectivity index (χ4v) is 4.30. The summed E-state index contributed by atoms with van der Waals surface area (Å²) >= 11 is 3.45. The molecule has 2 heterocycles. The first-order valence-corrected chi connectivity index (χ1v) is 10.7. The van der Waals surface area contributed by atoms with E-state index in [2.05, 4.69) is 26.1 Å². The number of carbonyl (C=O) groups excluding carboxylic acids is 1. The van der Waals surface area contributed by atoms with Crippen molar-refractivity contribution < 1.29 is 9.72 Å². The third-order valence-corrected chi connectivity index (χ3v) is 6.15. The summed E-state index contributed by atoms with van der Waals surface area (Å²) in [6, 6.07) is 21.3. The van der Waals surface area contributed by atoms with Crippen LogP contribution in [0.1, 0.15) is 33.2 Å². The maximum absolute atomic E-state index is 13.5. The van der Waals surface area contributed by atoms with E-state index in [1.54, 1.807) is 17.0 Å². The van der Waals surface area contributed by atoms with E-state index in [1.807, 2.05) is 55.5 Å². The van der Waals surface area contributed by atoms with Crippen LogP contribution in [0.2, 0.25) is 0 Å². The third kappa shape index (κ3) is 3.29. The second-order valence-corrected chi connectivity index (χ2v) is 8.55. The smallest absolute Gasteiger partial charge is 0.277 e. The Morgan fingerprint density at radius 2 is 1.66 bits per heavy atom. The fraction of sp³-hybridized carbons (Fsp3) is 0.0833. The molecule has 3 aromatic carbocycles. The van der Waals surface area contributed by atoms with Crippen molar-refractivity contribution in [3.05, 3.63) is 110 Å². The van der Waals surface area contributed by atoms with E-state index in [0.717, 1.165) is 32.4 Å². The van der Waals surface area contributed by atoms with Gasteiger partial charge >= 0.3 is 0 Å². The number of anilines is 1. The van der Waals surface area contributed by atoms with Gasteiger partial charge in [0.1, 0.15) is 5.69 Å². The maximum atomic E-state index is 13.5. The number of halogens is 1. The number of aryl methyl sites for hydroxylation is 1. The van der Waals surface area contributed by atoms with Gasteiger partial charge in [0.25, 0.3) is 11.6 Å².